The number of carbonyl (C=O) groups is 3. The molecule has 188 valence electrons. The summed E-state index contributed by atoms with van der Waals surface area (Å²) in [6.45, 7) is 2.96. The van der Waals surface area contributed by atoms with E-state index in [-0.39, 0.29) is 34.5 Å². The Hall–Kier alpha value is -3.06. The van der Waals surface area contributed by atoms with Gasteiger partial charge in [-0.2, -0.15) is 8.42 Å². The molecular formula is C24H23N3O6S3. The summed E-state index contributed by atoms with van der Waals surface area (Å²) < 4.78 is 28.8. The molecule has 12 heteroatoms. The van der Waals surface area contributed by atoms with Crippen LogP contribution in [-0.2, 0) is 28.7 Å². The normalized spacial score (nSPS) is 17.7. The highest BCUT2D eigenvalue weighted by molar-refractivity contribution is 8.26. The number of hydrogen-bond acceptors (Lipinski definition) is 8. The lowest BCUT2D eigenvalue weighted by atomic mass is 10.0. The third-order valence-electron chi connectivity index (χ3n) is 5.47. The van der Waals surface area contributed by atoms with Crippen molar-refractivity contribution < 1.29 is 27.0 Å². The topological polar surface area (TPSA) is 113 Å². The standard InChI is InChI=1S/C24H23N3O6S3/c1-3-33-36(31,32)12-11-26-23(30)21(35-24(26)34)20-17-13-15(2)9-10-18(17)27(22(20)29)14-19(28)25-16-7-5-4-6-8-16/h4-10,13H,3,11-12,14H2,1-2H3,(H,25,28)/b21-20-. The fourth-order valence-electron chi connectivity index (χ4n) is 3.87. The second-order valence-corrected chi connectivity index (χ2v) is 11.4. The third-order valence-corrected chi connectivity index (χ3v) is 8.19. The summed E-state index contributed by atoms with van der Waals surface area (Å²) in [5.74, 6) is -1.87. The van der Waals surface area contributed by atoms with E-state index >= 15 is 0 Å². The summed E-state index contributed by atoms with van der Waals surface area (Å²) in [5, 5.41) is 2.76. The van der Waals surface area contributed by atoms with Gasteiger partial charge in [-0.25, -0.2) is 0 Å². The molecule has 2 aliphatic heterocycles. The summed E-state index contributed by atoms with van der Waals surface area (Å²) >= 11 is 6.27. The van der Waals surface area contributed by atoms with E-state index in [2.05, 4.69) is 5.32 Å². The Balaban J connectivity index is 1.63. The summed E-state index contributed by atoms with van der Waals surface area (Å²) in [6, 6.07) is 14.2. The van der Waals surface area contributed by atoms with Crippen molar-refractivity contribution in [2.24, 2.45) is 0 Å². The average molecular weight is 546 g/mol. The number of anilines is 2. The summed E-state index contributed by atoms with van der Waals surface area (Å²) in [7, 11) is -3.81. The van der Waals surface area contributed by atoms with Gasteiger partial charge in [-0.15, -0.1) is 0 Å². The van der Waals surface area contributed by atoms with E-state index in [0.29, 0.717) is 16.9 Å². The minimum atomic E-state index is -3.81. The first-order valence-electron chi connectivity index (χ1n) is 11.0. The molecule has 4 rings (SSSR count). The van der Waals surface area contributed by atoms with Crippen LogP contribution in [0.25, 0.3) is 5.57 Å². The van der Waals surface area contributed by atoms with Crippen LogP contribution in [0.2, 0.25) is 0 Å². The van der Waals surface area contributed by atoms with E-state index < -0.39 is 33.6 Å². The van der Waals surface area contributed by atoms with Crippen LogP contribution >= 0.6 is 24.0 Å². The van der Waals surface area contributed by atoms with Gasteiger partial charge in [0.25, 0.3) is 21.9 Å². The SMILES string of the molecule is CCOS(=O)(=O)CCN1C(=O)/C(=C2/C(=O)N(CC(=O)Nc3ccccc3)c3ccc(C)cc32)SC1=S. The molecule has 0 aliphatic carbocycles. The van der Waals surface area contributed by atoms with E-state index in [1.165, 1.54) is 4.90 Å². The van der Waals surface area contributed by atoms with Crippen LogP contribution in [0.1, 0.15) is 18.1 Å². The number of para-hydroxylation sites is 1. The molecule has 1 N–H and O–H groups in total. The van der Waals surface area contributed by atoms with Crippen LogP contribution in [0, 0.1) is 6.92 Å². The van der Waals surface area contributed by atoms with E-state index in [1.54, 1.807) is 43.3 Å². The van der Waals surface area contributed by atoms with E-state index in [0.717, 1.165) is 22.2 Å². The number of fused-ring (bicyclic) bond motifs is 1. The Morgan fingerprint density at radius 1 is 1.08 bits per heavy atom. The zero-order valence-corrected chi connectivity index (χ0v) is 22.0. The first-order valence-corrected chi connectivity index (χ1v) is 13.8. The molecule has 0 radical (unpaired) electrons. The largest absolute Gasteiger partial charge is 0.325 e. The van der Waals surface area contributed by atoms with Crippen LogP contribution in [0.4, 0.5) is 11.4 Å². The van der Waals surface area contributed by atoms with Crippen molar-refractivity contribution in [1.82, 2.24) is 4.90 Å². The number of carbonyl (C=O) groups excluding carboxylic acids is 3. The number of rotatable bonds is 8. The number of amides is 3. The number of nitrogens with one attached hydrogen (secondary N) is 1. The number of benzene rings is 2. The first kappa shape index (κ1) is 26.0. The molecule has 9 nitrogen and oxygen atoms in total. The van der Waals surface area contributed by atoms with Gasteiger partial charge in [0.2, 0.25) is 5.91 Å². The Labute approximate surface area is 218 Å². The minimum absolute atomic E-state index is 0.0108. The molecule has 2 heterocycles. The van der Waals surface area contributed by atoms with Gasteiger partial charge >= 0.3 is 0 Å². The lowest BCUT2D eigenvalue weighted by Gasteiger charge is -2.17. The van der Waals surface area contributed by atoms with E-state index in [9.17, 15) is 22.8 Å². The van der Waals surface area contributed by atoms with Crippen LogP contribution < -0.4 is 10.2 Å². The first-order chi connectivity index (χ1) is 17.1. The second kappa shape index (κ2) is 10.5. The quantitative estimate of drug-likeness (QED) is 0.306. The van der Waals surface area contributed by atoms with Gasteiger partial charge in [0.05, 0.1) is 28.5 Å². The Morgan fingerprint density at radius 2 is 1.81 bits per heavy atom. The maximum atomic E-state index is 13.6. The van der Waals surface area contributed by atoms with Gasteiger partial charge in [0, 0.05) is 17.8 Å². The van der Waals surface area contributed by atoms with Gasteiger partial charge in [-0.1, -0.05) is 53.8 Å². The van der Waals surface area contributed by atoms with Crippen molar-refractivity contribution in [3.05, 3.63) is 64.6 Å². The van der Waals surface area contributed by atoms with Crippen molar-refractivity contribution in [3.8, 4) is 0 Å². The maximum Gasteiger partial charge on any atom is 0.269 e. The van der Waals surface area contributed by atoms with Crippen molar-refractivity contribution >= 4 is 73.1 Å². The van der Waals surface area contributed by atoms with Gasteiger partial charge in [-0.3, -0.25) is 28.4 Å². The molecule has 36 heavy (non-hydrogen) atoms. The molecule has 1 fully saturated rings. The number of thiocarbonyl (C=S) groups is 1. The highest BCUT2D eigenvalue weighted by Gasteiger charge is 2.42. The van der Waals surface area contributed by atoms with Crippen molar-refractivity contribution in [1.29, 1.82) is 0 Å². The molecule has 2 aromatic rings. The Morgan fingerprint density at radius 3 is 2.50 bits per heavy atom. The number of aryl methyl sites for hydroxylation is 1. The zero-order valence-electron chi connectivity index (χ0n) is 19.5. The lowest BCUT2D eigenvalue weighted by molar-refractivity contribution is -0.122. The molecule has 3 amide bonds. The van der Waals surface area contributed by atoms with E-state index in [1.807, 2.05) is 19.1 Å². The van der Waals surface area contributed by atoms with Crippen LogP contribution in [0.5, 0.6) is 0 Å². The average Bonchev–Trinajstić information content (AvgIpc) is 3.24. The molecule has 0 aromatic heterocycles. The third kappa shape index (κ3) is 5.36. The molecule has 1 saturated heterocycles. The Bertz CT molecular complexity index is 1390. The van der Waals surface area contributed by atoms with E-state index in [4.69, 9.17) is 16.4 Å². The molecule has 2 aromatic carbocycles. The highest BCUT2D eigenvalue weighted by atomic mass is 32.2. The number of nitrogens with zero attached hydrogens (tertiary/aromatic N) is 2. The predicted molar refractivity (Wildman–Crippen MR) is 143 cm³/mol. The smallest absolute Gasteiger partial charge is 0.269 e. The van der Waals surface area contributed by atoms with Crippen LogP contribution in [0.3, 0.4) is 0 Å². The molecule has 2 aliphatic rings. The maximum absolute atomic E-state index is 13.6. The van der Waals surface area contributed by atoms with Crippen LogP contribution in [0.15, 0.2) is 53.4 Å². The highest BCUT2D eigenvalue weighted by Crippen LogP contribution is 2.44. The molecule has 0 atom stereocenters. The summed E-state index contributed by atoms with van der Waals surface area (Å²) in [4.78, 5) is 42.1. The predicted octanol–water partition coefficient (Wildman–Crippen LogP) is 2.92. The number of thioether (sulfide) groups is 1. The van der Waals surface area contributed by atoms with Crippen molar-refractivity contribution in [3.63, 3.8) is 0 Å². The molecule has 0 bridgehead atoms. The minimum Gasteiger partial charge on any atom is -0.325 e. The fourth-order valence-corrected chi connectivity index (χ4v) is 6.13. The molecule has 0 unspecified atom stereocenters. The fraction of sp³-hybridized carbons (Fsp3) is 0.250. The summed E-state index contributed by atoms with van der Waals surface area (Å²) in [5.41, 5.74) is 2.64. The van der Waals surface area contributed by atoms with Crippen molar-refractivity contribution in [2.75, 3.05) is 35.7 Å². The Kier molecular flexibility index (Phi) is 7.59. The zero-order chi connectivity index (χ0) is 26.0. The van der Waals surface area contributed by atoms with Gasteiger partial charge in [-0.05, 0) is 38.1 Å². The second-order valence-electron chi connectivity index (χ2n) is 8.02. The molecule has 0 spiro atoms. The van der Waals surface area contributed by atoms with Crippen LogP contribution in [-0.4, -0.2) is 60.8 Å². The van der Waals surface area contributed by atoms with Crippen molar-refractivity contribution in [2.45, 2.75) is 13.8 Å². The lowest BCUT2D eigenvalue weighted by Crippen LogP contribution is -2.36. The van der Waals surface area contributed by atoms with Gasteiger partial charge in [0.1, 0.15) is 10.9 Å². The van der Waals surface area contributed by atoms with Gasteiger partial charge in [0.15, 0.2) is 0 Å². The molecular weight excluding hydrogens is 522 g/mol. The molecule has 0 saturated carbocycles. The summed E-state index contributed by atoms with van der Waals surface area (Å²) in [6.07, 6.45) is 0. The monoisotopic (exact) mass is 545 g/mol. The number of hydrogen-bond donors (Lipinski definition) is 1. The van der Waals surface area contributed by atoms with Gasteiger partial charge < -0.3 is 5.32 Å².